The molecule has 2 bridgehead atoms. The van der Waals surface area contributed by atoms with E-state index in [0.717, 1.165) is 23.7 Å². The van der Waals surface area contributed by atoms with Crippen LogP contribution in [-0.4, -0.2) is 31.0 Å². The van der Waals surface area contributed by atoms with E-state index in [1.165, 1.54) is 17.8 Å². The Morgan fingerprint density at radius 3 is 2.89 bits per heavy atom. The highest BCUT2D eigenvalue weighted by atomic mass is 16.5. The molecule has 4 heteroatoms. The standard InChI is InChI=1S/C15H16N2O2/c1-18-12-6-10-8-17-11-4-3-9(5-11)15(17)16-14(10)13(7-12)19-2/h3-4,6-7,9,11H,5,8H2,1-2H3. The number of hydrogen-bond acceptors (Lipinski definition) is 4. The summed E-state index contributed by atoms with van der Waals surface area (Å²) in [6.07, 6.45) is 5.75. The number of fused-ring (bicyclic) bond motifs is 6. The van der Waals surface area contributed by atoms with E-state index in [2.05, 4.69) is 23.1 Å². The molecule has 1 aromatic rings. The van der Waals surface area contributed by atoms with Crippen molar-refractivity contribution in [2.45, 2.75) is 19.0 Å². The molecule has 19 heavy (non-hydrogen) atoms. The summed E-state index contributed by atoms with van der Waals surface area (Å²) in [4.78, 5) is 7.24. The third-order valence-corrected chi connectivity index (χ3v) is 4.24. The van der Waals surface area contributed by atoms with E-state index in [1.54, 1.807) is 14.2 Å². The predicted octanol–water partition coefficient (Wildman–Crippen LogP) is 2.51. The molecule has 1 aliphatic carbocycles. The molecule has 0 aromatic heterocycles. The van der Waals surface area contributed by atoms with Crippen LogP contribution >= 0.6 is 0 Å². The van der Waals surface area contributed by atoms with Gasteiger partial charge in [-0.05, 0) is 12.5 Å². The molecule has 2 aliphatic heterocycles. The largest absolute Gasteiger partial charge is 0.497 e. The molecule has 4 nitrogen and oxygen atoms in total. The molecular weight excluding hydrogens is 240 g/mol. The Hall–Kier alpha value is -1.97. The Bertz CT molecular complexity index is 606. The molecule has 1 aromatic carbocycles. The summed E-state index contributed by atoms with van der Waals surface area (Å²) in [6.45, 7) is 0.896. The van der Waals surface area contributed by atoms with E-state index < -0.39 is 0 Å². The van der Waals surface area contributed by atoms with E-state index in [9.17, 15) is 0 Å². The van der Waals surface area contributed by atoms with Crippen LogP contribution in [0.3, 0.4) is 0 Å². The summed E-state index contributed by atoms with van der Waals surface area (Å²) < 4.78 is 10.8. The van der Waals surface area contributed by atoms with Gasteiger partial charge in [0, 0.05) is 30.1 Å². The molecule has 3 aliphatic rings. The quantitative estimate of drug-likeness (QED) is 0.762. The minimum Gasteiger partial charge on any atom is -0.497 e. The van der Waals surface area contributed by atoms with Gasteiger partial charge in [-0.1, -0.05) is 12.2 Å². The van der Waals surface area contributed by atoms with Crippen molar-refractivity contribution < 1.29 is 9.47 Å². The summed E-state index contributed by atoms with van der Waals surface area (Å²) in [6, 6.07) is 4.49. The van der Waals surface area contributed by atoms with Gasteiger partial charge in [0.05, 0.1) is 14.2 Å². The molecule has 0 radical (unpaired) electrons. The van der Waals surface area contributed by atoms with Crippen molar-refractivity contribution in [3.8, 4) is 11.5 Å². The first-order valence-corrected chi connectivity index (χ1v) is 6.58. The summed E-state index contributed by atoms with van der Waals surface area (Å²) >= 11 is 0. The van der Waals surface area contributed by atoms with E-state index in [1.807, 2.05) is 6.07 Å². The lowest BCUT2D eigenvalue weighted by molar-refractivity contribution is 0.367. The molecule has 1 fully saturated rings. The van der Waals surface area contributed by atoms with Crippen molar-refractivity contribution in [3.63, 3.8) is 0 Å². The fourth-order valence-corrected chi connectivity index (χ4v) is 3.29. The second kappa shape index (κ2) is 3.76. The van der Waals surface area contributed by atoms with Gasteiger partial charge in [-0.15, -0.1) is 0 Å². The Labute approximate surface area is 112 Å². The maximum absolute atomic E-state index is 5.46. The van der Waals surface area contributed by atoms with Crippen LogP contribution in [0.4, 0.5) is 5.69 Å². The van der Waals surface area contributed by atoms with Crippen molar-refractivity contribution in [2.75, 3.05) is 14.2 Å². The number of rotatable bonds is 2. The Balaban J connectivity index is 1.86. The zero-order valence-electron chi connectivity index (χ0n) is 11.1. The van der Waals surface area contributed by atoms with Gasteiger partial charge >= 0.3 is 0 Å². The van der Waals surface area contributed by atoms with Gasteiger partial charge in [-0.2, -0.15) is 0 Å². The lowest BCUT2D eigenvalue weighted by Gasteiger charge is -2.32. The second-order valence-electron chi connectivity index (χ2n) is 5.23. The van der Waals surface area contributed by atoms with Crippen molar-refractivity contribution in [1.29, 1.82) is 0 Å². The van der Waals surface area contributed by atoms with Crippen LogP contribution in [0.15, 0.2) is 29.3 Å². The van der Waals surface area contributed by atoms with Crippen molar-refractivity contribution in [2.24, 2.45) is 10.9 Å². The number of benzene rings is 1. The first-order valence-electron chi connectivity index (χ1n) is 6.58. The molecule has 2 unspecified atom stereocenters. The fourth-order valence-electron chi connectivity index (χ4n) is 3.29. The van der Waals surface area contributed by atoms with Gasteiger partial charge in [-0.3, -0.25) is 0 Å². The summed E-state index contributed by atoms with van der Waals surface area (Å²) in [5.41, 5.74) is 2.15. The molecular formula is C15H16N2O2. The lowest BCUT2D eigenvalue weighted by Crippen LogP contribution is -2.36. The molecule has 98 valence electrons. The Morgan fingerprint density at radius 1 is 1.21 bits per heavy atom. The normalized spacial score (nSPS) is 26.0. The van der Waals surface area contributed by atoms with Crippen molar-refractivity contribution in [1.82, 2.24) is 4.90 Å². The highest BCUT2D eigenvalue weighted by Gasteiger charge is 2.41. The molecule has 0 saturated carbocycles. The number of ether oxygens (including phenoxy) is 2. The average Bonchev–Trinajstić information content (AvgIpc) is 3.05. The van der Waals surface area contributed by atoms with Gasteiger partial charge in [0.1, 0.15) is 23.0 Å². The smallest absolute Gasteiger partial charge is 0.148 e. The van der Waals surface area contributed by atoms with Gasteiger partial charge in [0.2, 0.25) is 0 Å². The van der Waals surface area contributed by atoms with E-state index in [0.29, 0.717) is 12.0 Å². The van der Waals surface area contributed by atoms with Gasteiger partial charge in [0.15, 0.2) is 0 Å². The van der Waals surface area contributed by atoms with Gasteiger partial charge < -0.3 is 14.4 Å². The molecule has 0 N–H and O–H groups in total. The minimum absolute atomic E-state index is 0.491. The number of nitrogens with zero attached hydrogens (tertiary/aromatic N) is 2. The Kier molecular flexibility index (Phi) is 2.16. The number of aliphatic imine (C=N–C) groups is 1. The topological polar surface area (TPSA) is 34.1 Å². The second-order valence-corrected chi connectivity index (χ2v) is 5.23. The number of amidine groups is 1. The number of hydrogen-bond donors (Lipinski definition) is 0. The highest BCUT2D eigenvalue weighted by Crippen LogP contribution is 2.45. The van der Waals surface area contributed by atoms with Gasteiger partial charge in [-0.25, -0.2) is 4.99 Å². The average molecular weight is 256 g/mol. The third-order valence-electron chi connectivity index (χ3n) is 4.24. The monoisotopic (exact) mass is 256 g/mol. The first kappa shape index (κ1) is 10.9. The molecule has 1 saturated heterocycles. The van der Waals surface area contributed by atoms with Crippen LogP contribution in [0.5, 0.6) is 11.5 Å². The third kappa shape index (κ3) is 1.43. The SMILES string of the molecule is COc1cc2c(c(OC)c1)N=C1C3C=CC(C3)N1C2. The highest BCUT2D eigenvalue weighted by molar-refractivity contribution is 5.94. The van der Waals surface area contributed by atoms with E-state index >= 15 is 0 Å². The van der Waals surface area contributed by atoms with Crippen molar-refractivity contribution in [3.05, 3.63) is 29.8 Å². The van der Waals surface area contributed by atoms with Crippen LogP contribution < -0.4 is 9.47 Å². The molecule has 0 amide bonds. The molecule has 2 heterocycles. The predicted molar refractivity (Wildman–Crippen MR) is 73.2 cm³/mol. The van der Waals surface area contributed by atoms with Crippen LogP contribution in [0.2, 0.25) is 0 Å². The van der Waals surface area contributed by atoms with E-state index in [4.69, 9.17) is 14.5 Å². The lowest BCUT2D eigenvalue weighted by atomic mass is 10.1. The van der Waals surface area contributed by atoms with Crippen LogP contribution in [0, 0.1) is 5.92 Å². The maximum Gasteiger partial charge on any atom is 0.148 e. The van der Waals surface area contributed by atoms with Crippen LogP contribution in [0.25, 0.3) is 0 Å². The molecule has 4 rings (SSSR count). The summed E-state index contributed by atoms with van der Waals surface area (Å²) in [7, 11) is 3.36. The zero-order valence-corrected chi connectivity index (χ0v) is 11.1. The molecule has 2 atom stereocenters. The van der Waals surface area contributed by atoms with E-state index in [-0.39, 0.29) is 0 Å². The Morgan fingerprint density at radius 2 is 2.11 bits per heavy atom. The molecule has 0 spiro atoms. The van der Waals surface area contributed by atoms with Gasteiger partial charge in [0.25, 0.3) is 0 Å². The minimum atomic E-state index is 0.491. The number of methoxy groups -OCH3 is 2. The fraction of sp³-hybridized carbons (Fsp3) is 0.400. The summed E-state index contributed by atoms with van der Waals surface area (Å²) in [5, 5.41) is 0. The van der Waals surface area contributed by atoms with Crippen molar-refractivity contribution >= 4 is 11.5 Å². The van der Waals surface area contributed by atoms with Crippen LogP contribution in [-0.2, 0) is 6.54 Å². The zero-order chi connectivity index (χ0) is 13.0. The first-order chi connectivity index (χ1) is 9.30. The summed E-state index contributed by atoms with van der Waals surface area (Å²) in [5.74, 6) is 3.32. The maximum atomic E-state index is 5.46. The van der Waals surface area contributed by atoms with Crippen LogP contribution in [0.1, 0.15) is 12.0 Å².